The van der Waals surface area contributed by atoms with Gasteiger partial charge in [-0.05, 0) is 43.2 Å². The lowest BCUT2D eigenvalue weighted by molar-refractivity contribution is -0.123. The van der Waals surface area contributed by atoms with Gasteiger partial charge in [-0.15, -0.1) is 0 Å². The lowest BCUT2D eigenvalue weighted by Crippen LogP contribution is -2.30. The van der Waals surface area contributed by atoms with E-state index in [9.17, 15) is 14.4 Å². The van der Waals surface area contributed by atoms with Crippen molar-refractivity contribution >= 4 is 23.5 Å². The van der Waals surface area contributed by atoms with E-state index in [1.165, 1.54) is 26.2 Å². The van der Waals surface area contributed by atoms with Crippen LogP contribution in [0.2, 0.25) is 0 Å². The SMILES string of the molecule is CCc1ccc(NC(=O)C(C)OC(=O)c2ccccc2C(=O)OC)cc1. The van der Waals surface area contributed by atoms with Gasteiger partial charge in [0.05, 0.1) is 18.2 Å². The molecule has 1 unspecified atom stereocenters. The first-order valence-electron chi connectivity index (χ1n) is 8.24. The maximum absolute atomic E-state index is 12.3. The summed E-state index contributed by atoms with van der Waals surface area (Å²) in [6.45, 7) is 3.51. The van der Waals surface area contributed by atoms with E-state index in [2.05, 4.69) is 10.1 Å². The normalized spacial score (nSPS) is 11.3. The summed E-state index contributed by atoms with van der Waals surface area (Å²) in [5.74, 6) is -1.88. The molecule has 0 heterocycles. The van der Waals surface area contributed by atoms with Crippen molar-refractivity contribution in [3.8, 4) is 0 Å². The summed E-state index contributed by atoms with van der Waals surface area (Å²) in [6.07, 6.45) is -0.124. The van der Waals surface area contributed by atoms with E-state index in [1.54, 1.807) is 24.3 Å². The summed E-state index contributed by atoms with van der Waals surface area (Å²) in [5, 5.41) is 2.69. The Morgan fingerprint density at radius 3 is 2.08 bits per heavy atom. The number of ether oxygens (including phenoxy) is 2. The molecular weight excluding hydrogens is 334 g/mol. The van der Waals surface area contributed by atoms with Crippen molar-refractivity contribution in [3.05, 3.63) is 65.2 Å². The number of anilines is 1. The first-order chi connectivity index (χ1) is 12.5. The zero-order valence-electron chi connectivity index (χ0n) is 14.9. The Balaban J connectivity index is 2.04. The van der Waals surface area contributed by atoms with E-state index in [4.69, 9.17) is 4.74 Å². The van der Waals surface area contributed by atoms with Gasteiger partial charge >= 0.3 is 11.9 Å². The highest BCUT2D eigenvalue weighted by Crippen LogP contribution is 2.14. The van der Waals surface area contributed by atoms with Crippen molar-refractivity contribution in [2.45, 2.75) is 26.4 Å². The first kappa shape index (κ1) is 19.2. The lowest BCUT2D eigenvalue weighted by atomic mass is 10.1. The molecule has 0 spiro atoms. The van der Waals surface area contributed by atoms with Crippen LogP contribution in [0.4, 0.5) is 5.69 Å². The molecule has 1 atom stereocenters. The maximum Gasteiger partial charge on any atom is 0.339 e. The number of esters is 2. The molecule has 6 heteroatoms. The van der Waals surface area contributed by atoms with Crippen molar-refractivity contribution in [3.63, 3.8) is 0 Å². The molecule has 0 saturated carbocycles. The summed E-state index contributed by atoms with van der Waals surface area (Å²) in [7, 11) is 1.23. The standard InChI is InChI=1S/C20H21NO5/c1-4-14-9-11-15(12-10-14)21-18(22)13(2)26-20(24)17-8-6-5-7-16(17)19(23)25-3/h5-13H,4H2,1-3H3,(H,21,22). The van der Waals surface area contributed by atoms with Crippen LogP contribution in [-0.2, 0) is 20.7 Å². The number of aryl methyl sites for hydroxylation is 1. The molecule has 1 N–H and O–H groups in total. The Morgan fingerprint density at radius 2 is 1.54 bits per heavy atom. The van der Waals surface area contributed by atoms with E-state index in [0.29, 0.717) is 5.69 Å². The third kappa shape index (κ3) is 4.69. The number of hydrogen-bond donors (Lipinski definition) is 1. The highest BCUT2D eigenvalue weighted by molar-refractivity contribution is 6.04. The summed E-state index contributed by atoms with van der Waals surface area (Å²) in [5.41, 5.74) is 1.90. The van der Waals surface area contributed by atoms with Gasteiger partial charge in [0.15, 0.2) is 6.10 Å². The number of benzene rings is 2. The molecule has 0 aliphatic carbocycles. The molecule has 2 aromatic carbocycles. The minimum Gasteiger partial charge on any atom is -0.465 e. The molecule has 2 aromatic rings. The average Bonchev–Trinajstić information content (AvgIpc) is 2.67. The van der Waals surface area contributed by atoms with Crippen LogP contribution in [-0.4, -0.2) is 31.1 Å². The number of carbonyl (C=O) groups is 3. The number of nitrogens with one attached hydrogen (secondary N) is 1. The smallest absolute Gasteiger partial charge is 0.339 e. The molecule has 6 nitrogen and oxygen atoms in total. The van der Waals surface area contributed by atoms with Crippen LogP contribution in [0.25, 0.3) is 0 Å². The second-order valence-corrected chi connectivity index (χ2v) is 5.62. The van der Waals surface area contributed by atoms with E-state index in [1.807, 2.05) is 19.1 Å². The third-order valence-corrected chi connectivity index (χ3v) is 3.84. The summed E-state index contributed by atoms with van der Waals surface area (Å²) in [6, 6.07) is 13.5. The Kier molecular flexibility index (Phi) is 6.49. The highest BCUT2D eigenvalue weighted by Gasteiger charge is 2.23. The lowest BCUT2D eigenvalue weighted by Gasteiger charge is -2.15. The fourth-order valence-electron chi connectivity index (χ4n) is 2.29. The van der Waals surface area contributed by atoms with Gasteiger partial charge in [0.1, 0.15) is 0 Å². The topological polar surface area (TPSA) is 81.7 Å². The molecule has 0 aliphatic heterocycles. The van der Waals surface area contributed by atoms with Crippen LogP contribution < -0.4 is 5.32 Å². The van der Waals surface area contributed by atoms with Gasteiger partial charge in [0, 0.05) is 5.69 Å². The number of methoxy groups -OCH3 is 1. The molecule has 0 aliphatic rings. The van der Waals surface area contributed by atoms with Gasteiger partial charge in [-0.2, -0.15) is 0 Å². The number of hydrogen-bond acceptors (Lipinski definition) is 5. The largest absolute Gasteiger partial charge is 0.465 e. The minimum absolute atomic E-state index is 0.0475. The molecule has 0 fully saturated rings. The number of amides is 1. The van der Waals surface area contributed by atoms with E-state index < -0.39 is 23.9 Å². The van der Waals surface area contributed by atoms with Crippen molar-refractivity contribution < 1.29 is 23.9 Å². The molecule has 26 heavy (non-hydrogen) atoms. The van der Waals surface area contributed by atoms with Gasteiger partial charge in [0.2, 0.25) is 0 Å². The number of carbonyl (C=O) groups excluding carboxylic acids is 3. The monoisotopic (exact) mass is 355 g/mol. The Labute approximate surface area is 152 Å². The fraction of sp³-hybridized carbons (Fsp3) is 0.250. The molecule has 0 aromatic heterocycles. The Hall–Kier alpha value is -3.15. The van der Waals surface area contributed by atoms with Crippen molar-refractivity contribution in [2.75, 3.05) is 12.4 Å². The predicted octanol–water partition coefficient (Wildman–Crippen LogP) is 3.22. The molecule has 0 bridgehead atoms. The quantitative estimate of drug-likeness (QED) is 0.805. The predicted molar refractivity (Wildman–Crippen MR) is 97.1 cm³/mol. The zero-order chi connectivity index (χ0) is 19.1. The molecule has 2 rings (SSSR count). The maximum atomic E-state index is 12.3. The summed E-state index contributed by atoms with van der Waals surface area (Å²) in [4.78, 5) is 36.3. The van der Waals surface area contributed by atoms with Crippen molar-refractivity contribution in [1.29, 1.82) is 0 Å². The second-order valence-electron chi connectivity index (χ2n) is 5.62. The fourth-order valence-corrected chi connectivity index (χ4v) is 2.29. The van der Waals surface area contributed by atoms with Crippen LogP contribution in [0.15, 0.2) is 48.5 Å². The molecule has 0 saturated heterocycles. The van der Waals surface area contributed by atoms with Crippen molar-refractivity contribution in [2.24, 2.45) is 0 Å². The van der Waals surface area contributed by atoms with E-state index in [-0.39, 0.29) is 11.1 Å². The highest BCUT2D eigenvalue weighted by atomic mass is 16.5. The first-order valence-corrected chi connectivity index (χ1v) is 8.24. The molecule has 0 radical (unpaired) electrons. The minimum atomic E-state index is -1.03. The van der Waals surface area contributed by atoms with Gasteiger partial charge in [-0.3, -0.25) is 4.79 Å². The Morgan fingerprint density at radius 1 is 0.962 bits per heavy atom. The number of rotatable bonds is 6. The van der Waals surface area contributed by atoms with Crippen molar-refractivity contribution in [1.82, 2.24) is 0 Å². The average molecular weight is 355 g/mol. The van der Waals surface area contributed by atoms with E-state index >= 15 is 0 Å². The van der Waals surface area contributed by atoms with Gasteiger partial charge in [-0.1, -0.05) is 31.2 Å². The molecule has 1 amide bonds. The van der Waals surface area contributed by atoms with Crippen LogP contribution >= 0.6 is 0 Å². The summed E-state index contributed by atoms with van der Waals surface area (Å²) < 4.78 is 9.84. The zero-order valence-corrected chi connectivity index (χ0v) is 14.9. The van der Waals surface area contributed by atoms with Gasteiger partial charge < -0.3 is 14.8 Å². The van der Waals surface area contributed by atoms with Crippen LogP contribution in [0.3, 0.4) is 0 Å². The van der Waals surface area contributed by atoms with Crippen LogP contribution in [0, 0.1) is 0 Å². The van der Waals surface area contributed by atoms with Gasteiger partial charge in [-0.25, -0.2) is 9.59 Å². The van der Waals surface area contributed by atoms with Crippen LogP contribution in [0.1, 0.15) is 40.1 Å². The van der Waals surface area contributed by atoms with E-state index in [0.717, 1.165) is 12.0 Å². The van der Waals surface area contributed by atoms with Gasteiger partial charge in [0.25, 0.3) is 5.91 Å². The molecular formula is C20H21NO5. The van der Waals surface area contributed by atoms with Crippen LogP contribution in [0.5, 0.6) is 0 Å². The second kappa shape index (κ2) is 8.80. The Bertz CT molecular complexity index is 798. The summed E-state index contributed by atoms with van der Waals surface area (Å²) >= 11 is 0. The molecule has 136 valence electrons. The third-order valence-electron chi connectivity index (χ3n) is 3.84.